The summed E-state index contributed by atoms with van der Waals surface area (Å²) in [6.45, 7) is 0.610. The summed E-state index contributed by atoms with van der Waals surface area (Å²) in [5.74, 6) is 0.0709. The molecule has 0 N–H and O–H groups in total. The monoisotopic (exact) mass is 318 g/mol. The summed E-state index contributed by atoms with van der Waals surface area (Å²) in [6, 6.07) is 13.6. The Hall–Kier alpha value is -1.68. The first-order chi connectivity index (χ1) is 9.15. The lowest BCUT2D eigenvalue weighted by molar-refractivity contribution is -0.129. The number of carbonyl (C=O) groups is 1. The van der Waals surface area contributed by atoms with Crippen LogP contribution in [0.1, 0.15) is 11.3 Å². The molecule has 0 saturated heterocycles. The van der Waals surface area contributed by atoms with Crippen LogP contribution in [0.15, 0.2) is 53.1 Å². The van der Waals surface area contributed by atoms with E-state index in [-0.39, 0.29) is 5.91 Å². The van der Waals surface area contributed by atoms with E-state index in [1.165, 1.54) is 0 Å². The lowest BCUT2D eigenvalue weighted by Gasteiger charge is -2.17. The van der Waals surface area contributed by atoms with Crippen molar-refractivity contribution in [1.29, 1.82) is 0 Å². The van der Waals surface area contributed by atoms with Gasteiger partial charge in [0.05, 0.1) is 6.42 Å². The van der Waals surface area contributed by atoms with E-state index in [4.69, 9.17) is 0 Å². The van der Waals surface area contributed by atoms with Gasteiger partial charge in [-0.1, -0.05) is 34.1 Å². The molecule has 0 spiro atoms. The molecule has 19 heavy (non-hydrogen) atoms. The molecule has 0 radical (unpaired) electrons. The number of carbonyl (C=O) groups excluding carboxylic acids is 1. The molecule has 1 heterocycles. The van der Waals surface area contributed by atoms with Crippen LogP contribution in [-0.2, 0) is 17.8 Å². The molecule has 2 rings (SSSR count). The third kappa shape index (κ3) is 4.17. The minimum absolute atomic E-state index is 0.0709. The van der Waals surface area contributed by atoms with Gasteiger partial charge in [-0.3, -0.25) is 9.78 Å². The molecule has 1 aromatic carbocycles. The molecule has 0 aliphatic carbocycles. The molecule has 0 saturated carbocycles. The molecule has 3 nitrogen and oxygen atoms in total. The van der Waals surface area contributed by atoms with E-state index in [0.29, 0.717) is 13.0 Å². The van der Waals surface area contributed by atoms with E-state index in [2.05, 4.69) is 20.9 Å². The molecule has 2 aromatic rings. The van der Waals surface area contributed by atoms with Gasteiger partial charge >= 0.3 is 0 Å². The van der Waals surface area contributed by atoms with Crippen molar-refractivity contribution >= 4 is 21.8 Å². The Morgan fingerprint density at radius 1 is 1.21 bits per heavy atom. The van der Waals surface area contributed by atoms with E-state index in [1.54, 1.807) is 11.1 Å². The van der Waals surface area contributed by atoms with Crippen LogP contribution >= 0.6 is 15.9 Å². The first kappa shape index (κ1) is 13.7. The van der Waals surface area contributed by atoms with Crippen molar-refractivity contribution in [2.45, 2.75) is 13.0 Å². The van der Waals surface area contributed by atoms with E-state index in [0.717, 1.165) is 15.7 Å². The van der Waals surface area contributed by atoms with Crippen molar-refractivity contribution in [2.24, 2.45) is 0 Å². The third-order valence-electron chi connectivity index (χ3n) is 2.82. The number of pyridine rings is 1. The Morgan fingerprint density at radius 3 is 2.58 bits per heavy atom. The van der Waals surface area contributed by atoms with Crippen LogP contribution in [0.2, 0.25) is 0 Å². The lowest BCUT2D eigenvalue weighted by atomic mass is 10.2. The third-order valence-corrected chi connectivity index (χ3v) is 3.35. The minimum Gasteiger partial charge on any atom is -0.341 e. The molecule has 0 aliphatic heterocycles. The van der Waals surface area contributed by atoms with E-state index < -0.39 is 0 Å². The Balaban J connectivity index is 1.94. The number of rotatable bonds is 4. The SMILES string of the molecule is CN(Cc1ccc(Br)cc1)C(=O)Cc1ccccn1. The molecular weight excluding hydrogens is 304 g/mol. The number of likely N-dealkylation sites (N-methyl/N-ethyl adjacent to an activating group) is 1. The zero-order valence-electron chi connectivity index (χ0n) is 10.7. The Morgan fingerprint density at radius 2 is 1.95 bits per heavy atom. The summed E-state index contributed by atoms with van der Waals surface area (Å²) < 4.78 is 1.04. The molecule has 0 atom stereocenters. The van der Waals surface area contributed by atoms with Gasteiger partial charge in [0.2, 0.25) is 5.91 Å². The predicted octanol–water partition coefficient (Wildman–Crippen LogP) is 3.05. The zero-order chi connectivity index (χ0) is 13.7. The fourth-order valence-corrected chi connectivity index (χ4v) is 2.01. The first-order valence-corrected chi connectivity index (χ1v) is 6.83. The van der Waals surface area contributed by atoms with Crippen LogP contribution in [0, 0.1) is 0 Å². The van der Waals surface area contributed by atoms with Crippen LogP contribution in [-0.4, -0.2) is 22.8 Å². The molecule has 1 aromatic heterocycles. The zero-order valence-corrected chi connectivity index (χ0v) is 12.3. The van der Waals surface area contributed by atoms with Gasteiger partial charge in [-0.25, -0.2) is 0 Å². The van der Waals surface area contributed by atoms with Gasteiger partial charge in [0.1, 0.15) is 0 Å². The maximum Gasteiger partial charge on any atom is 0.228 e. The number of hydrogen-bond acceptors (Lipinski definition) is 2. The second kappa shape index (κ2) is 6.48. The molecule has 0 unspecified atom stereocenters. The van der Waals surface area contributed by atoms with Crippen molar-refractivity contribution < 1.29 is 4.79 Å². The highest BCUT2D eigenvalue weighted by molar-refractivity contribution is 9.10. The Kier molecular flexibility index (Phi) is 4.68. The summed E-state index contributed by atoms with van der Waals surface area (Å²) in [7, 11) is 1.81. The largest absolute Gasteiger partial charge is 0.341 e. The summed E-state index contributed by atoms with van der Waals surface area (Å²) in [4.78, 5) is 17.9. The Labute approximate surface area is 121 Å². The van der Waals surface area contributed by atoms with Gasteiger partial charge in [0, 0.05) is 30.0 Å². The number of amides is 1. The molecule has 0 aliphatic rings. The second-order valence-corrected chi connectivity index (χ2v) is 5.29. The maximum atomic E-state index is 12.1. The van der Waals surface area contributed by atoms with Crippen LogP contribution in [0.3, 0.4) is 0 Å². The fraction of sp³-hybridized carbons (Fsp3) is 0.200. The lowest BCUT2D eigenvalue weighted by Crippen LogP contribution is -2.27. The van der Waals surface area contributed by atoms with E-state index >= 15 is 0 Å². The van der Waals surface area contributed by atoms with Crippen molar-refractivity contribution in [3.05, 3.63) is 64.4 Å². The number of halogens is 1. The number of benzene rings is 1. The molecule has 0 bridgehead atoms. The van der Waals surface area contributed by atoms with Crippen LogP contribution < -0.4 is 0 Å². The van der Waals surface area contributed by atoms with Crippen LogP contribution in [0.25, 0.3) is 0 Å². The Bertz CT molecular complexity index is 540. The topological polar surface area (TPSA) is 33.2 Å². The average molecular weight is 319 g/mol. The van der Waals surface area contributed by atoms with Crippen LogP contribution in [0.4, 0.5) is 0 Å². The molecule has 98 valence electrons. The quantitative estimate of drug-likeness (QED) is 0.868. The summed E-state index contributed by atoms with van der Waals surface area (Å²) in [5, 5.41) is 0. The number of aromatic nitrogens is 1. The highest BCUT2D eigenvalue weighted by Crippen LogP contribution is 2.12. The molecule has 0 fully saturated rings. The molecular formula is C15H15BrN2O. The van der Waals surface area contributed by atoms with Gasteiger partial charge in [-0.2, -0.15) is 0 Å². The summed E-state index contributed by atoms with van der Waals surface area (Å²) >= 11 is 3.40. The molecule has 4 heteroatoms. The van der Waals surface area contributed by atoms with Crippen molar-refractivity contribution in [3.63, 3.8) is 0 Å². The first-order valence-electron chi connectivity index (χ1n) is 6.03. The smallest absolute Gasteiger partial charge is 0.228 e. The van der Waals surface area contributed by atoms with E-state index in [1.807, 2.05) is 49.5 Å². The standard InChI is InChI=1S/C15H15BrN2O/c1-18(11-12-5-7-13(16)8-6-12)15(19)10-14-4-2-3-9-17-14/h2-9H,10-11H2,1H3. The fourth-order valence-electron chi connectivity index (χ4n) is 1.74. The average Bonchev–Trinajstić information content (AvgIpc) is 2.42. The van der Waals surface area contributed by atoms with E-state index in [9.17, 15) is 4.79 Å². The highest BCUT2D eigenvalue weighted by atomic mass is 79.9. The predicted molar refractivity (Wildman–Crippen MR) is 78.6 cm³/mol. The minimum atomic E-state index is 0.0709. The van der Waals surface area contributed by atoms with Gasteiger partial charge in [-0.05, 0) is 29.8 Å². The highest BCUT2D eigenvalue weighted by Gasteiger charge is 2.10. The van der Waals surface area contributed by atoms with Gasteiger partial charge in [0.25, 0.3) is 0 Å². The number of nitrogens with zero attached hydrogens (tertiary/aromatic N) is 2. The van der Waals surface area contributed by atoms with Gasteiger partial charge < -0.3 is 4.90 Å². The molecule has 1 amide bonds. The summed E-state index contributed by atoms with van der Waals surface area (Å²) in [6.07, 6.45) is 2.05. The van der Waals surface area contributed by atoms with Crippen molar-refractivity contribution in [3.8, 4) is 0 Å². The second-order valence-electron chi connectivity index (χ2n) is 4.37. The van der Waals surface area contributed by atoms with Gasteiger partial charge in [0.15, 0.2) is 0 Å². The normalized spacial score (nSPS) is 10.2. The van der Waals surface area contributed by atoms with Crippen molar-refractivity contribution in [1.82, 2.24) is 9.88 Å². The maximum absolute atomic E-state index is 12.1. The summed E-state index contributed by atoms with van der Waals surface area (Å²) in [5.41, 5.74) is 1.91. The van der Waals surface area contributed by atoms with Crippen LogP contribution in [0.5, 0.6) is 0 Å². The van der Waals surface area contributed by atoms with Crippen molar-refractivity contribution in [2.75, 3.05) is 7.05 Å². The van der Waals surface area contributed by atoms with Gasteiger partial charge in [-0.15, -0.1) is 0 Å². The number of hydrogen-bond donors (Lipinski definition) is 0.